The molecule has 1 N–H and O–H groups in total. The molecule has 33 heavy (non-hydrogen) atoms. The Morgan fingerprint density at radius 1 is 0.879 bits per heavy atom. The first kappa shape index (κ1) is 23.0. The Morgan fingerprint density at radius 3 is 2.30 bits per heavy atom. The van der Waals surface area contributed by atoms with Crippen LogP contribution < -0.4 is 9.46 Å². The lowest BCUT2D eigenvalue weighted by Crippen LogP contribution is -2.29. The molecule has 1 heterocycles. The maximum absolute atomic E-state index is 14.1. The van der Waals surface area contributed by atoms with Crippen LogP contribution in [0.25, 0.3) is 11.1 Å². The maximum atomic E-state index is 14.1. The Kier molecular flexibility index (Phi) is 5.77. The molecule has 0 amide bonds. The number of fused-ring (bicyclic) bond motifs is 1. The van der Waals surface area contributed by atoms with E-state index in [1.165, 1.54) is 22.9 Å². The summed E-state index contributed by atoms with van der Waals surface area (Å²) < 4.78 is 109. The summed E-state index contributed by atoms with van der Waals surface area (Å²) in [6, 6.07) is 11.6. The molecular formula is C22H15F6NO3S. The van der Waals surface area contributed by atoms with Gasteiger partial charge in [0.2, 0.25) is 0 Å². The van der Waals surface area contributed by atoms with E-state index in [-0.39, 0.29) is 17.7 Å². The fourth-order valence-corrected chi connectivity index (χ4v) is 4.10. The highest BCUT2D eigenvalue weighted by atomic mass is 32.2. The van der Waals surface area contributed by atoms with E-state index in [0.29, 0.717) is 34.9 Å². The zero-order valence-corrected chi connectivity index (χ0v) is 17.4. The highest BCUT2D eigenvalue weighted by Crippen LogP contribution is 2.38. The molecule has 3 aromatic rings. The molecule has 3 aromatic carbocycles. The lowest BCUT2D eigenvalue weighted by atomic mass is 9.94. The average Bonchev–Trinajstić information content (AvgIpc) is 2.74. The molecule has 1 atom stereocenters. The van der Waals surface area contributed by atoms with Crippen molar-refractivity contribution in [3.63, 3.8) is 0 Å². The Hall–Kier alpha value is -3.21. The Balaban J connectivity index is 1.58. The average molecular weight is 487 g/mol. The smallest absolute Gasteiger partial charge is 0.485 e. The fraction of sp³-hybridized carbons (Fsp3) is 0.182. The number of ether oxygens (including phenoxy) is 1. The molecule has 0 radical (unpaired) electrons. The Labute approximate surface area is 184 Å². The number of anilines is 1. The van der Waals surface area contributed by atoms with E-state index in [1.54, 1.807) is 24.3 Å². The van der Waals surface area contributed by atoms with Crippen molar-refractivity contribution >= 4 is 15.7 Å². The van der Waals surface area contributed by atoms with Crippen molar-refractivity contribution in [1.82, 2.24) is 0 Å². The topological polar surface area (TPSA) is 55.4 Å². The molecule has 0 bridgehead atoms. The van der Waals surface area contributed by atoms with Gasteiger partial charge in [0, 0.05) is 17.3 Å². The first-order valence-corrected chi connectivity index (χ1v) is 11.1. The van der Waals surface area contributed by atoms with Gasteiger partial charge in [-0.1, -0.05) is 18.2 Å². The summed E-state index contributed by atoms with van der Waals surface area (Å²) in [5, 5.41) is 0. The Bertz CT molecular complexity index is 1320. The third-order valence-electron chi connectivity index (χ3n) is 5.14. The normalized spacial score (nSPS) is 16.1. The SMILES string of the molecule is O=S(=O)(Nc1cccc(-c2ccc3c(c2)CCC(c2cc(F)c(F)cc2F)O3)c1)C(F)(F)F. The molecule has 1 aliphatic rings. The van der Waals surface area contributed by atoms with Gasteiger partial charge in [-0.25, -0.2) is 13.2 Å². The molecule has 0 spiro atoms. The van der Waals surface area contributed by atoms with Crippen LogP contribution in [0.4, 0.5) is 32.0 Å². The third kappa shape index (κ3) is 4.63. The van der Waals surface area contributed by atoms with Gasteiger partial charge >= 0.3 is 15.5 Å². The number of hydrogen-bond donors (Lipinski definition) is 1. The number of hydrogen-bond acceptors (Lipinski definition) is 3. The summed E-state index contributed by atoms with van der Waals surface area (Å²) in [6.07, 6.45) is -0.130. The van der Waals surface area contributed by atoms with E-state index in [1.807, 2.05) is 0 Å². The van der Waals surface area contributed by atoms with Gasteiger partial charge in [0.25, 0.3) is 0 Å². The lowest BCUT2D eigenvalue weighted by Gasteiger charge is -2.27. The monoisotopic (exact) mass is 487 g/mol. The minimum Gasteiger partial charge on any atom is -0.485 e. The van der Waals surface area contributed by atoms with Gasteiger partial charge in [-0.3, -0.25) is 4.72 Å². The number of benzene rings is 3. The van der Waals surface area contributed by atoms with Crippen LogP contribution in [0.2, 0.25) is 0 Å². The van der Waals surface area contributed by atoms with E-state index in [2.05, 4.69) is 0 Å². The predicted molar refractivity (Wildman–Crippen MR) is 108 cm³/mol. The van der Waals surface area contributed by atoms with E-state index in [4.69, 9.17) is 4.74 Å². The van der Waals surface area contributed by atoms with Crippen molar-refractivity contribution in [2.45, 2.75) is 24.5 Å². The molecule has 0 saturated heterocycles. The third-order valence-corrected chi connectivity index (χ3v) is 6.26. The summed E-state index contributed by atoms with van der Waals surface area (Å²) in [7, 11) is -5.56. The van der Waals surface area contributed by atoms with Gasteiger partial charge in [0.15, 0.2) is 11.6 Å². The number of nitrogens with one attached hydrogen (secondary N) is 1. The van der Waals surface area contributed by atoms with Crippen molar-refractivity contribution in [2.24, 2.45) is 0 Å². The molecule has 4 rings (SSSR count). The van der Waals surface area contributed by atoms with Crippen molar-refractivity contribution in [1.29, 1.82) is 0 Å². The summed E-state index contributed by atoms with van der Waals surface area (Å²) in [4.78, 5) is 0. The van der Waals surface area contributed by atoms with E-state index >= 15 is 0 Å². The van der Waals surface area contributed by atoms with Gasteiger partial charge in [-0.05, 0) is 59.9 Å². The van der Waals surface area contributed by atoms with Gasteiger partial charge in [-0.2, -0.15) is 21.6 Å². The van der Waals surface area contributed by atoms with Crippen LogP contribution in [0, 0.1) is 17.5 Å². The van der Waals surface area contributed by atoms with Crippen LogP contribution >= 0.6 is 0 Å². The van der Waals surface area contributed by atoms with Crippen molar-refractivity contribution in [3.8, 4) is 16.9 Å². The molecule has 0 fully saturated rings. The molecular weight excluding hydrogens is 472 g/mol. The summed E-state index contributed by atoms with van der Waals surface area (Å²) in [5.74, 6) is -3.00. The molecule has 0 aromatic heterocycles. The number of aryl methyl sites for hydroxylation is 1. The van der Waals surface area contributed by atoms with Crippen LogP contribution in [0.3, 0.4) is 0 Å². The first-order chi connectivity index (χ1) is 15.4. The molecule has 4 nitrogen and oxygen atoms in total. The number of halogens is 6. The summed E-state index contributed by atoms with van der Waals surface area (Å²) >= 11 is 0. The molecule has 11 heteroatoms. The van der Waals surface area contributed by atoms with Gasteiger partial charge in [0.05, 0.1) is 0 Å². The number of alkyl halides is 3. The molecule has 0 saturated carbocycles. The zero-order chi connectivity index (χ0) is 24.0. The Morgan fingerprint density at radius 2 is 1.58 bits per heavy atom. The molecule has 174 valence electrons. The van der Waals surface area contributed by atoms with Crippen molar-refractivity contribution < 1.29 is 39.5 Å². The highest BCUT2D eigenvalue weighted by Gasteiger charge is 2.46. The first-order valence-electron chi connectivity index (χ1n) is 9.58. The van der Waals surface area contributed by atoms with Crippen LogP contribution in [-0.2, 0) is 16.4 Å². The summed E-state index contributed by atoms with van der Waals surface area (Å²) in [6.45, 7) is 0. The second-order valence-electron chi connectivity index (χ2n) is 7.39. The predicted octanol–water partition coefficient (Wildman–Crippen LogP) is 6.10. The van der Waals surface area contributed by atoms with Crippen LogP contribution in [0.15, 0.2) is 54.6 Å². The van der Waals surface area contributed by atoms with E-state index < -0.39 is 39.1 Å². The fourth-order valence-electron chi connectivity index (χ4n) is 3.55. The van der Waals surface area contributed by atoms with E-state index in [0.717, 1.165) is 6.07 Å². The quantitative estimate of drug-likeness (QED) is 0.358. The second-order valence-corrected chi connectivity index (χ2v) is 9.06. The highest BCUT2D eigenvalue weighted by molar-refractivity contribution is 7.93. The van der Waals surface area contributed by atoms with Gasteiger partial charge < -0.3 is 4.74 Å². The minimum atomic E-state index is -5.56. The second kappa shape index (κ2) is 8.29. The number of sulfonamides is 1. The van der Waals surface area contributed by atoms with Crippen LogP contribution in [0.5, 0.6) is 5.75 Å². The lowest BCUT2D eigenvalue weighted by molar-refractivity contribution is -0.0429. The maximum Gasteiger partial charge on any atom is 0.516 e. The molecule has 1 unspecified atom stereocenters. The van der Waals surface area contributed by atoms with E-state index in [9.17, 15) is 34.8 Å². The van der Waals surface area contributed by atoms with Crippen LogP contribution in [-0.4, -0.2) is 13.9 Å². The van der Waals surface area contributed by atoms with Gasteiger partial charge in [0.1, 0.15) is 17.7 Å². The molecule has 0 aliphatic carbocycles. The van der Waals surface area contributed by atoms with Crippen molar-refractivity contribution in [2.75, 3.05) is 4.72 Å². The standard InChI is InChI=1S/C22H15F6NO3S/c23-17-11-19(25)18(24)10-16(17)21-7-5-14-8-13(4-6-20(14)32-21)12-2-1-3-15(9-12)29-33(30,31)22(26,27)28/h1-4,6,8-11,21,29H,5,7H2. The van der Waals surface area contributed by atoms with Gasteiger partial charge in [-0.15, -0.1) is 0 Å². The van der Waals surface area contributed by atoms with Crippen molar-refractivity contribution in [3.05, 3.63) is 83.2 Å². The zero-order valence-electron chi connectivity index (χ0n) is 16.6. The minimum absolute atomic E-state index is 0.103. The summed E-state index contributed by atoms with van der Waals surface area (Å²) in [5.41, 5.74) is -4.05. The number of rotatable bonds is 4. The van der Waals surface area contributed by atoms with Crippen LogP contribution in [0.1, 0.15) is 23.7 Å². The largest absolute Gasteiger partial charge is 0.516 e. The molecule has 1 aliphatic heterocycles.